The summed E-state index contributed by atoms with van der Waals surface area (Å²) in [4.78, 5) is 2.69. The molecule has 0 aromatic heterocycles. The van der Waals surface area contributed by atoms with Crippen LogP contribution in [0.2, 0.25) is 0 Å². The lowest BCUT2D eigenvalue weighted by atomic mass is 9.83. The summed E-state index contributed by atoms with van der Waals surface area (Å²) in [5, 5.41) is 3.62. The topological polar surface area (TPSA) is 15.3 Å². The molecule has 0 aliphatic heterocycles. The maximum atomic E-state index is 3.62. The molecule has 19 heavy (non-hydrogen) atoms. The van der Waals surface area contributed by atoms with E-state index in [9.17, 15) is 0 Å². The standard InChI is InChI=1S/C17H36N2/c1-5-8-17(14-18-13-6-2)19(4)16-11-9-15(7-3)10-12-16/h15-18H,5-14H2,1-4H3. The normalized spacial score (nSPS) is 25.7. The zero-order valence-corrected chi connectivity index (χ0v) is 13.8. The maximum absolute atomic E-state index is 3.62. The lowest BCUT2D eigenvalue weighted by Gasteiger charge is -2.39. The molecule has 0 radical (unpaired) electrons. The number of nitrogens with one attached hydrogen (secondary N) is 1. The Bertz CT molecular complexity index is 209. The van der Waals surface area contributed by atoms with E-state index in [4.69, 9.17) is 0 Å². The number of nitrogens with zero attached hydrogens (tertiary/aromatic N) is 1. The van der Waals surface area contributed by atoms with Crippen LogP contribution < -0.4 is 5.32 Å². The molecule has 2 nitrogen and oxygen atoms in total. The average molecular weight is 268 g/mol. The van der Waals surface area contributed by atoms with Gasteiger partial charge in [0, 0.05) is 18.6 Å². The second-order valence-electron chi connectivity index (χ2n) is 6.39. The fraction of sp³-hybridized carbons (Fsp3) is 1.00. The van der Waals surface area contributed by atoms with Gasteiger partial charge in [-0.3, -0.25) is 4.90 Å². The first-order chi connectivity index (χ1) is 9.22. The Hall–Kier alpha value is -0.0800. The van der Waals surface area contributed by atoms with Crippen molar-refractivity contribution >= 4 is 0 Å². The number of hydrogen-bond acceptors (Lipinski definition) is 2. The summed E-state index contributed by atoms with van der Waals surface area (Å²) < 4.78 is 0. The van der Waals surface area contributed by atoms with Crippen molar-refractivity contribution in [3.8, 4) is 0 Å². The minimum Gasteiger partial charge on any atom is -0.315 e. The molecule has 114 valence electrons. The Morgan fingerprint density at radius 2 is 1.74 bits per heavy atom. The monoisotopic (exact) mass is 268 g/mol. The fourth-order valence-corrected chi connectivity index (χ4v) is 3.49. The summed E-state index contributed by atoms with van der Waals surface area (Å²) in [6, 6.07) is 1.57. The highest BCUT2D eigenvalue weighted by atomic mass is 15.2. The average Bonchev–Trinajstić information content (AvgIpc) is 2.46. The maximum Gasteiger partial charge on any atom is 0.0220 e. The Labute approximate surface area is 121 Å². The van der Waals surface area contributed by atoms with Gasteiger partial charge in [0.2, 0.25) is 0 Å². The van der Waals surface area contributed by atoms with Crippen LogP contribution >= 0.6 is 0 Å². The molecule has 1 rings (SSSR count). The van der Waals surface area contributed by atoms with Gasteiger partial charge >= 0.3 is 0 Å². The molecule has 0 aromatic carbocycles. The van der Waals surface area contributed by atoms with Crippen LogP contribution in [0.25, 0.3) is 0 Å². The molecule has 0 amide bonds. The summed E-state index contributed by atoms with van der Waals surface area (Å²) >= 11 is 0. The van der Waals surface area contributed by atoms with Crippen LogP contribution in [0.5, 0.6) is 0 Å². The van der Waals surface area contributed by atoms with Crippen LogP contribution in [0.15, 0.2) is 0 Å². The van der Waals surface area contributed by atoms with E-state index < -0.39 is 0 Å². The molecule has 0 bridgehead atoms. The van der Waals surface area contributed by atoms with Gasteiger partial charge in [-0.25, -0.2) is 0 Å². The third kappa shape index (κ3) is 5.83. The zero-order chi connectivity index (χ0) is 14.1. The highest BCUT2D eigenvalue weighted by molar-refractivity contribution is 4.82. The summed E-state index contributed by atoms with van der Waals surface area (Å²) in [5.41, 5.74) is 0. The first-order valence-electron chi connectivity index (χ1n) is 8.65. The Kier molecular flexibility index (Phi) is 8.72. The van der Waals surface area contributed by atoms with Crippen molar-refractivity contribution in [2.75, 3.05) is 20.1 Å². The second-order valence-corrected chi connectivity index (χ2v) is 6.39. The van der Waals surface area contributed by atoms with Crippen LogP contribution in [0.4, 0.5) is 0 Å². The smallest absolute Gasteiger partial charge is 0.0220 e. The van der Waals surface area contributed by atoms with Gasteiger partial charge in [0.05, 0.1) is 0 Å². The summed E-state index contributed by atoms with van der Waals surface area (Å²) in [6.07, 6.45) is 11.0. The van der Waals surface area contributed by atoms with Gasteiger partial charge in [0.25, 0.3) is 0 Å². The molecule has 1 saturated carbocycles. The van der Waals surface area contributed by atoms with Gasteiger partial charge in [-0.15, -0.1) is 0 Å². The fourth-order valence-electron chi connectivity index (χ4n) is 3.49. The quantitative estimate of drug-likeness (QED) is 0.635. The molecule has 2 heteroatoms. The predicted octanol–water partition coefficient (Wildman–Crippen LogP) is 4.06. The van der Waals surface area contributed by atoms with Crippen LogP contribution in [-0.2, 0) is 0 Å². The third-order valence-corrected chi connectivity index (χ3v) is 4.97. The van der Waals surface area contributed by atoms with E-state index in [1.54, 1.807) is 0 Å². The molecule has 0 spiro atoms. The van der Waals surface area contributed by atoms with Crippen molar-refractivity contribution in [1.29, 1.82) is 0 Å². The first kappa shape index (κ1) is 17.0. The van der Waals surface area contributed by atoms with Crippen molar-refractivity contribution < 1.29 is 0 Å². The first-order valence-corrected chi connectivity index (χ1v) is 8.65. The molecule has 1 unspecified atom stereocenters. The second kappa shape index (κ2) is 9.77. The Balaban J connectivity index is 2.39. The SMILES string of the molecule is CCCNCC(CCC)N(C)C1CCC(CC)CC1. The van der Waals surface area contributed by atoms with Crippen LogP contribution in [0.3, 0.4) is 0 Å². The van der Waals surface area contributed by atoms with Gasteiger partial charge in [-0.2, -0.15) is 0 Å². The van der Waals surface area contributed by atoms with E-state index in [1.165, 1.54) is 57.9 Å². The van der Waals surface area contributed by atoms with Gasteiger partial charge in [-0.05, 0) is 58.0 Å². The van der Waals surface area contributed by atoms with E-state index in [0.717, 1.165) is 24.5 Å². The Morgan fingerprint density at radius 3 is 2.26 bits per heavy atom. The number of rotatable bonds is 9. The number of hydrogen-bond donors (Lipinski definition) is 1. The summed E-state index contributed by atoms with van der Waals surface area (Å²) in [6.45, 7) is 9.25. The third-order valence-electron chi connectivity index (χ3n) is 4.97. The molecule has 1 atom stereocenters. The molecular formula is C17H36N2. The van der Waals surface area contributed by atoms with Crippen molar-refractivity contribution in [2.45, 2.75) is 84.2 Å². The lowest BCUT2D eigenvalue weighted by Crippen LogP contribution is -2.46. The van der Waals surface area contributed by atoms with Gasteiger partial charge in [0.15, 0.2) is 0 Å². The van der Waals surface area contributed by atoms with Gasteiger partial charge < -0.3 is 5.32 Å². The van der Waals surface area contributed by atoms with E-state index in [2.05, 4.69) is 38.0 Å². The Morgan fingerprint density at radius 1 is 1.05 bits per heavy atom. The molecule has 0 aromatic rings. The molecule has 1 fully saturated rings. The largest absolute Gasteiger partial charge is 0.315 e. The summed E-state index contributed by atoms with van der Waals surface area (Å²) in [5.74, 6) is 1.01. The summed E-state index contributed by atoms with van der Waals surface area (Å²) in [7, 11) is 2.37. The zero-order valence-electron chi connectivity index (χ0n) is 13.8. The number of likely N-dealkylation sites (N-methyl/N-ethyl adjacent to an activating group) is 1. The molecule has 0 saturated heterocycles. The van der Waals surface area contributed by atoms with Crippen molar-refractivity contribution in [3.05, 3.63) is 0 Å². The molecular weight excluding hydrogens is 232 g/mol. The minimum atomic E-state index is 0.736. The predicted molar refractivity (Wildman–Crippen MR) is 85.7 cm³/mol. The highest BCUT2D eigenvalue weighted by Gasteiger charge is 2.26. The van der Waals surface area contributed by atoms with Crippen LogP contribution in [0, 0.1) is 5.92 Å². The molecule has 1 aliphatic rings. The molecule has 1 N–H and O–H groups in total. The highest BCUT2D eigenvalue weighted by Crippen LogP contribution is 2.30. The van der Waals surface area contributed by atoms with Crippen molar-refractivity contribution in [3.63, 3.8) is 0 Å². The van der Waals surface area contributed by atoms with Crippen molar-refractivity contribution in [2.24, 2.45) is 5.92 Å². The van der Waals surface area contributed by atoms with Crippen LogP contribution in [-0.4, -0.2) is 37.1 Å². The lowest BCUT2D eigenvalue weighted by molar-refractivity contribution is 0.112. The minimum absolute atomic E-state index is 0.736. The van der Waals surface area contributed by atoms with E-state index in [-0.39, 0.29) is 0 Å². The van der Waals surface area contributed by atoms with Crippen molar-refractivity contribution in [1.82, 2.24) is 10.2 Å². The van der Waals surface area contributed by atoms with E-state index in [1.807, 2.05) is 0 Å². The van der Waals surface area contributed by atoms with Gasteiger partial charge in [-0.1, -0.05) is 33.6 Å². The van der Waals surface area contributed by atoms with E-state index >= 15 is 0 Å². The molecule has 0 heterocycles. The molecule has 1 aliphatic carbocycles. The van der Waals surface area contributed by atoms with Crippen LogP contribution in [0.1, 0.15) is 72.1 Å². The van der Waals surface area contributed by atoms with Gasteiger partial charge in [0.1, 0.15) is 0 Å². The van der Waals surface area contributed by atoms with E-state index in [0.29, 0.717) is 0 Å².